The molecule has 1 nitrogen and oxygen atoms in total. The fourth-order valence-corrected chi connectivity index (χ4v) is 1.67. The zero-order chi connectivity index (χ0) is 7.82. The number of hydrogen-bond donors (Lipinski definition) is 0. The Bertz CT molecular complexity index is 83.3. The zero-order valence-corrected chi connectivity index (χ0v) is 7.86. The van der Waals surface area contributed by atoms with E-state index in [1.54, 1.807) is 0 Å². The predicted octanol–water partition coefficient (Wildman–Crippen LogP) is 3.64. The quantitative estimate of drug-likeness (QED) is 0.542. The SMILES string of the molecule is CCCCC(CCC)P=O. The second-order valence-electron chi connectivity index (χ2n) is 2.69. The minimum Gasteiger partial charge on any atom is -0.275 e. The molecule has 0 saturated carbocycles. The van der Waals surface area contributed by atoms with E-state index in [4.69, 9.17) is 0 Å². The van der Waals surface area contributed by atoms with E-state index in [9.17, 15) is 4.57 Å². The van der Waals surface area contributed by atoms with Crippen LogP contribution >= 0.6 is 8.46 Å². The summed E-state index contributed by atoms with van der Waals surface area (Å²) in [6.45, 7) is 4.31. The smallest absolute Gasteiger partial charge is 0.158 e. The molecular weight excluding hydrogens is 143 g/mol. The maximum Gasteiger partial charge on any atom is 0.158 e. The molecule has 0 N–H and O–H groups in total. The molecule has 0 heterocycles. The summed E-state index contributed by atoms with van der Waals surface area (Å²) in [4.78, 5) is 0. The van der Waals surface area contributed by atoms with Crippen LogP contribution in [-0.4, -0.2) is 5.66 Å². The molecule has 0 aromatic carbocycles. The summed E-state index contributed by atoms with van der Waals surface area (Å²) >= 11 is 0. The molecule has 2 heteroatoms. The van der Waals surface area contributed by atoms with E-state index in [1.165, 1.54) is 12.8 Å². The maximum atomic E-state index is 10.5. The number of rotatable bonds is 6. The molecule has 0 radical (unpaired) electrons. The summed E-state index contributed by atoms with van der Waals surface area (Å²) in [5.74, 6) is 0. The van der Waals surface area contributed by atoms with Crippen molar-refractivity contribution in [1.29, 1.82) is 0 Å². The Morgan fingerprint density at radius 2 is 1.90 bits per heavy atom. The van der Waals surface area contributed by atoms with Gasteiger partial charge in [-0.1, -0.05) is 33.1 Å². The molecular formula is C8H17OP. The highest BCUT2D eigenvalue weighted by molar-refractivity contribution is 7.24. The third-order valence-electron chi connectivity index (χ3n) is 1.66. The van der Waals surface area contributed by atoms with Crippen LogP contribution in [0.15, 0.2) is 0 Å². The van der Waals surface area contributed by atoms with Crippen molar-refractivity contribution >= 4 is 8.46 Å². The van der Waals surface area contributed by atoms with Crippen LogP contribution in [0.4, 0.5) is 0 Å². The van der Waals surface area contributed by atoms with E-state index >= 15 is 0 Å². The van der Waals surface area contributed by atoms with Crippen LogP contribution in [0.3, 0.4) is 0 Å². The van der Waals surface area contributed by atoms with E-state index in [-0.39, 0.29) is 0 Å². The molecule has 0 aliphatic rings. The molecule has 60 valence electrons. The van der Waals surface area contributed by atoms with Gasteiger partial charge in [-0.05, 0) is 12.8 Å². The topological polar surface area (TPSA) is 17.1 Å². The number of unbranched alkanes of at least 4 members (excludes halogenated alkanes) is 1. The Morgan fingerprint density at radius 3 is 2.30 bits per heavy atom. The van der Waals surface area contributed by atoms with Crippen LogP contribution in [0.5, 0.6) is 0 Å². The van der Waals surface area contributed by atoms with Gasteiger partial charge >= 0.3 is 0 Å². The van der Waals surface area contributed by atoms with Gasteiger partial charge in [0.2, 0.25) is 0 Å². The van der Waals surface area contributed by atoms with Gasteiger partial charge in [-0.25, -0.2) is 0 Å². The molecule has 0 bridgehead atoms. The minimum absolute atomic E-state index is 0.350. The molecule has 1 unspecified atom stereocenters. The number of hydrogen-bond acceptors (Lipinski definition) is 1. The minimum atomic E-state index is 0.350. The molecule has 0 saturated heterocycles. The summed E-state index contributed by atoms with van der Waals surface area (Å²) in [6, 6.07) is 0. The van der Waals surface area contributed by atoms with Crippen molar-refractivity contribution in [3.8, 4) is 0 Å². The van der Waals surface area contributed by atoms with Gasteiger partial charge in [0.25, 0.3) is 0 Å². The first-order valence-corrected chi connectivity index (χ1v) is 5.05. The van der Waals surface area contributed by atoms with Crippen LogP contribution in [0.25, 0.3) is 0 Å². The van der Waals surface area contributed by atoms with Crippen LogP contribution in [0, 0.1) is 0 Å². The van der Waals surface area contributed by atoms with Crippen LogP contribution < -0.4 is 0 Å². The summed E-state index contributed by atoms with van der Waals surface area (Å²) in [6.07, 6.45) is 5.85. The first kappa shape index (κ1) is 10.1. The Hall–Kier alpha value is 0.100. The van der Waals surface area contributed by atoms with Crippen LogP contribution in [0.2, 0.25) is 0 Å². The molecule has 0 amide bonds. The lowest BCUT2D eigenvalue weighted by molar-refractivity contribution is 0.567. The second-order valence-corrected chi connectivity index (χ2v) is 3.63. The average molecular weight is 160 g/mol. The molecule has 10 heavy (non-hydrogen) atoms. The maximum absolute atomic E-state index is 10.5. The molecule has 0 rings (SSSR count). The summed E-state index contributed by atoms with van der Waals surface area (Å²) < 4.78 is 10.5. The molecule has 0 aliphatic carbocycles. The van der Waals surface area contributed by atoms with Gasteiger partial charge < -0.3 is 0 Å². The zero-order valence-electron chi connectivity index (χ0n) is 6.97. The van der Waals surface area contributed by atoms with Gasteiger partial charge in [0.15, 0.2) is 8.46 Å². The Labute approximate surface area is 65.4 Å². The van der Waals surface area contributed by atoms with Gasteiger partial charge in [-0.3, -0.25) is 4.57 Å². The first-order chi connectivity index (χ1) is 4.85. The van der Waals surface area contributed by atoms with Gasteiger partial charge in [0.1, 0.15) is 0 Å². The van der Waals surface area contributed by atoms with Crippen molar-refractivity contribution in [3.63, 3.8) is 0 Å². The lowest BCUT2D eigenvalue weighted by atomic mass is 10.1. The third kappa shape index (κ3) is 4.93. The molecule has 0 spiro atoms. The van der Waals surface area contributed by atoms with Gasteiger partial charge in [0, 0.05) is 5.66 Å². The van der Waals surface area contributed by atoms with E-state index in [2.05, 4.69) is 13.8 Å². The van der Waals surface area contributed by atoms with E-state index in [1.807, 2.05) is 0 Å². The summed E-state index contributed by atoms with van der Waals surface area (Å²) in [5.41, 5.74) is 0.435. The van der Waals surface area contributed by atoms with Crippen molar-refractivity contribution in [3.05, 3.63) is 0 Å². The fraction of sp³-hybridized carbons (Fsp3) is 1.00. The van der Waals surface area contributed by atoms with E-state index in [0.29, 0.717) is 14.1 Å². The third-order valence-corrected chi connectivity index (χ3v) is 2.48. The van der Waals surface area contributed by atoms with Crippen molar-refractivity contribution in [1.82, 2.24) is 0 Å². The normalized spacial score (nSPS) is 13.8. The van der Waals surface area contributed by atoms with Crippen LogP contribution in [-0.2, 0) is 4.57 Å². The van der Waals surface area contributed by atoms with Gasteiger partial charge in [-0.2, -0.15) is 0 Å². The molecule has 0 aromatic rings. The molecule has 0 aliphatic heterocycles. The van der Waals surface area contributed by atoms with E-state index < -0.39 is 0 Å². The highest BCUT2D eigenvalue weighted by Gasteiger charge is 2.04. The van der Waals surface area contributed by atoms with Crippen molar-refractivity contribution in [2.75, 3.05) is 0 Å². The van der Waals surface area contributed by atoms with Crippen molar-refractivity contribution in [2.24, 2.45) is 0 Å². The lowest BCUT2D eigenvalue weighted by Gasteiger charge is -2.04. The Morgan fingerprint density at radius 1 is 1.20 bits per heavy atom. The second kappa shape index (κ2) is 7.21. The predicted molar refractivity (Wildman–Crippen MR) is 45.8 cm³/mol. The van der Waals surface area contributed by atoms with Crippen molar-refractivity contribution in [2.45, 2.75) is 51.6 Å². The van der Waals surface area contributed by atoms with E-state index in [0.717, 1.165) is 19.3 Å². The van der Waals surface area contributed by atoms with Crippen LogP contribution in [0.1, 0.15) is 46.0 Å². The average Bonchev–Trinajstić information content (AvgIpc) is 1.98. The van der Waals surface area contributed by atoms with Gasteiger partial charge in [-0.15, -0.1) is 0 Å². The standard InChI is InChI=1S/C8H17OP/c1-3-5-7-8(10-9)6-4-2/h8H,3-7H2,1-2H3. The highest BCUT2D eigenvalue weighted by atomic mass is 31.1. The largest absolute Gasteiger partial charge is 0.275 e. The summed E-state index contributed by atoms with van der Waals surface area (Å²) in [5, 5.41) is 0. The molecule has 1 atom stereocenters. The Kier molecular flexibility index (Phi) is 7.28. The lowest BCUT2D eigenvalue weighted by Crippen LogP contribution is -1.96. The first-order valence-electron chi connectivity index (χ1n) is 4.17. The Balaban J connectivity index is 3.29. The van der Waals surface area contributed by atoms with Crippen molar-refractivity contribution < 1.29 is 4.57 Å². The van der Waals surface area contributed by atoms with Gasteiger partial charge in [0.05, 0.1) is 0 Å². The molecule has 0 aromatic heterocycles. The summed E-state index contributed by atoms with van der Waals surface area (Å²) in [7, 11) is 0.350. The fourth-order valence-electron chi connectivity index (χ4n) is 1.02. The molecule has 0 fully saturated rings. The monoisotopic (exact) mass is 160 g/mol. The highest BCUT2D eigenvalue weighted by Crippen LogP contribution is 2.19.